The molecule has 0 saturated heterocycles. The van der Waals surface area contributed by atoms with Gasteiger partial charge in [-0.3, -0.25) is 0 Å². The van der Waals surface area contributed by atoms with E-state index in [2.05, 4.69) is 11.1 Å². The van der Waals surface area contributed by atoms with Crippen molar-refractivity contribution >= 4 is 5.97 Å². The van der Waals surface area contributed by atoms with Gasteiger partial charge in [0.1, 0.15) is 11.7 Å². The number of nitriles is 1. The predicted molar refractivity (Wildman–Crippen MR) is 65.3 cm³/mol. The maximum atomic E-state index is 11.2. The van der Waals surface area contributed by atoms with Crippen LogP contribution in [-0.2, 0) is 13.0 Å². The summed E-state index contributed by atoms with van der Waals surface area (Å²) in [4.78, 5) is 15.4. The molecule has 2 rings (SSSR count). The minimum atomic E-state index is -0.993. The largest absolute Gasteiger partial charge is 0.476 e. The second-order valence-corrected chi connectivity index (χ2v) is 5.03. The Morgan fingerprint density at radius 1 is 1.50 bits per heavy atom. The van der Waals surface area contributed by atoms with Gasteiger partial charge in [-0.05, 0) is 25.2 Å². The van der Waals surface area contributed by atoms with E-state index in [0.717, 1.165) is 31.5 Å². The molecular weight excluding hydrogens is 230 g/mol. The van der Waals surface area contributed by atoms with Crippen LogP contribution in [0.1, 0.15) is 54.6 Å². The van der Waals surface area contributed by atoms with E-state index in [4.69, 9.17) is 0 Å². The first-order valence-corrected chi connectivity index (χ1v) is 6.28. The van der Waals surface area contributed by atoms with Gasteiger partial charge in [0.25, 0.3) is 0 Å². The molecule has 1 aromatic rings. The lowest BCUT2D eigenvalue weighted by atomic mass is 9.96. The summed E-state index contributed by atoms with van der Waals surface area (Å²) < 4.78 is 1.95. The van der Waals surface area contributed by atoms with Gasteiger partial charge in [0.2, 0.25) is 0 Å². The fraction of sp³-hybridized carbons (Fsp3) is 0.615. The molecule has 1 atom stereocenters. The third-order valence-electron chi connectivity index (χ3n) is 3.43. The van der Waals surface area contributed by atoms with Crippen LogP contribution in [0.5, 0.6) is 0 Å². The molecule has 1 unspecified atom stereocenters. The van der Waals surface area contributed by atoms with E-state index in [-0.39, 0.29) is 17.5 Å². The first-order valence-electron chi connectivity index (χ1n) is 6.28. The number of hydrogen-bond acceptors (Lipinski definition) is 3. The normalized spacial score (nSPS) is 16.1. The van der Waals surface area contributed by atoms with Crippen molar-refractivity contribution in [1.29, 1.82) is 5.26 Å². The van der Waals surface area contributed by atoms with Crippen LogP contribution in [0.3, 0.4) is 0 Å². The first kappa shape index (κ1) is 12.6. The van der Waals surface area contributed by atoms with Crippen LogP contribution in [0.2, 0.25) is 0 Å². The smallest absolute Gasteiger partial charge is 0.356 e. The maximum absolute atomic E-state index is 11.2. The second kappa shape index (κ2) is 4.81. The molecule has 18 heavy (non-hydrogen) atoms. The average Bonchev–Trinajstić information content (AvgIpc) is 2.70. The number of hydrogen-bond donors (Lipinski definition) is 1. The van der Waals surface area contributed by atoms with Crippen molar-refractivity contribution in [3.05, 3.63) is 17.2 Å². The van der Waals surface area contributed by atoms with Gasteiger partial charge < -0.3 is 9.67 Å². The molecule has 1 aliphatic rings. The number of carbonyl (C=O) groups is 1. The van der Waals surface area contributed by atoms with Crippen LogP contribution in [0.4, 0.5) is 0 Å². The minimum absolute atomic E-state index is 0.130. The Morgan fingerprint density at radius 2 is 2.22 bits per heavy atom. The lowest BCUT2D eigenvalue weighted by Gasteiger charge is -2.20. The SMILES string of the molecule is CC(C)C(C#N)c1nc(C(=O)O)c2n1CCCC2. The number of rotatable bonds is 3. The van der Waals surface area contributed by atoms with Crippen molar-refractivity contribution in [1.82, 2.24) is 9.55 Å². The Hall–Kier alpha value is -1.83. The summed E-state index contributed by atoms with van der Waals surface area (Å²) >= 11 is 0. The zero-order chi connectivity index (χ0) is 13.3. The summed E-state index contributed by atoms with van der Waals surface area (Å²) in [7, 11) is 0. The number of carboxylic acid groups (broad SMARTS) is 1. The molecular formula is C13H17N3O2. The Kier molecular flexibility index (Phi) is 3.37. The molecule has 2 heterocycles. The molecule has 1 aliphatic heterocycles. The van der Waals surface area contributed by atoms with Crippen molar-refractivity contribution in [3.63, 3.8) is 0 Å². The van der Waals surface area contributed by atoms with E-state index in [0.29, 0.717) is 5.82 Å². The molecule has 0 bridgehead atoms. The molecule has 0 amide bonds. The van der Waals surface area contributed by atoms with Crippen molar-refractivity contribution < 1.29 is 9.90 Å². The van der Waals surface area contributed by atoms with Crippen molar-refractivity contribution in [2.24, 2.45) is 5.92 Å². The molecule has 0 aromatic carbocycles. The Morgan fingerprint density at radius 3 is 2.78 bits per heavy atom. The minimum Gasteiger partial charge on any atom is -0.476 e. The number of fused-ring (bicyclic) bond motifs is 1. The first-order chi connectivity index (χ1) is 8.56. The van der Waals surface area contributed by atoms with Gasteiger partial charge >= 0.3 is 5.97 Å². The van der Waals surface area contributed by atoms with E-state index >= 15 is 0 Å². The highest BCUT2D eigenvalue weighted by Gasteiger charge is 2.29. The number of aromatic nitrogens is 2. The maximum Gasteiger partial charge on any atom is 0.356 e. The highest BCUT2D eigenvalue weighted by atomic mass is 16.4. The van der Waals surface area contributed by atoms with Gasteiger partial charge in [-0.2, -0.15) is 5.26 Å². The topological polar surface area (TPSA) is 78.9 Å². The fourth-order valence-corrected chi connectivity index (χ4v) is 2.48. The third-order valence-corrected chi connectivity index (χ3v) is 3.43. The highest BCUT2D eigenvalue weighted by Crippen LogP contribution is 2.29. The summed E-state index contributed by atoms with van der Waals surface area (Å²) in [6.45, 7) is 4.69. The quantitative estimate of drug-likeness (QED) is 0.887. The van der Waals surface area contributed by atoms with Gasteiger partial charge in [0, 0.05) is 6.54 Å². The van der Waals surface area contributed by atoms with Crippen molar-refractivity contribution in [2.45, 2.75) is 45.6 Å². The van der Waals surface area contributed by atoms with Crippen molar-refractivity contribution in [3.8, 4) is 6.07 Å². The molecule has 0 radical (unpaired) electrons. The van der Waals surface area contributed by atoms with Gasteiger partial charge in [-0.25, -0.2) is 9.78 Å². The summed E-state index contributed by atoms with van der Waals surface area (Å²) in [6, 6.07) is 2.24. The van der Waals surface area contributed by atoms with E-state index < -0.39 is 5.97 Å². The predicted octanol–water partition coefficient (Wildman–Crippen LogP) is 2.18. The number of imidazole rings is 1. The Labute approximate surface area is 106 Å². The van der Waals surface area contributed by atoms with Crippen LogP contribution < -0.4 is 0 Å². The van der Waals surface area contributed by atoms with E-state index in [1.165, 1.54) is 0 Å². The molecule has 0 spiro atoms. The lowest BCUT2D eigenvalue weighted by Crippen LogP contribution is -2.17. The van der Waals surface area contributed by atoms with Crippen LogP contribution in [0, 0.1) is 17.2 Å². The number of carboxylic acids is 1. The average molecular weight is 247 g/mol. The lowest BCUT2D eigenvalue weighted by molar-refractivity contribution is 0.0689. The van der Waals surface area contributed by atoms with E-state index in [1.807, 2.05) is 18.4 Å². The van der Waals surface area contributed by atoms with E-state index in [9.17, 15) is 15.2 Å². The number of nitrogens with zero attached hydrogens (tertiary/aromatic N) is 3. The molecule has 0 fully saturated rings. The molecule has 5 heteroatoms. The standard InChI is InChI=1S/C13H17N3O2/c1-8(2)9(7-14)12-15-11(13(17)18)10-5-3-4-6-16(10)12/h8-9H,3-6H2,1-2H3,(H,17,18). The van der Waals surface area contributed by atoms with Crippen LogP contribution in [0.25, 0.3) is 0 Å². The molecule has 5 nitrogen and oxygen atoms in total. The monoisotopic (exact) mass is 247 g/mol. The molecule has 1 N–H and O–H groups in total. The summed E-state index contributed by atoms with van der Waals surface area (Å²) in [5, 5.41) is 18.4. The Balaban J connectivity index is 2.55. The molecule has 1 aromatic heterocycles. The van der Waals surface area contributed by atoms with E-state index in [1.54, 1.807) is 0 Å². The fourth-order valence-electron chi connectivity index (χ4n) is 2.48. The van der Waals surface area contributed by atoms with Gasteiger partial charge in [0.15, 0.2) is 5.69 Å². The Bertz CT molecular complexity index is 511. The van der Waals surface area contributed by atoms with Gasteiger partial charge in [-0.15, -0.1) is 0 Å². The highest BCUT2D eigenvalue weighted by molar-refractivity contribution is 5.87. The van der Waals surface area contributed by atoms with Crippen LogP contribution in [-0.4, -0.2) is 20.6 Å². The summed E-state index contributed by atoms with van der Waals surface area (Å²) in [5.41, 5.74) is 0.912. The van der Waals surface area contributed by atoms with Gasteiger partial charge in [0.05, 0.1) is 11.8 Å². The number of aromatic carboxylic acids is 1. The molecule has 0 saturated carbocycles. The second-order valence-electron chi connectivity index (χ2n) is 5.03. The van der Waals surface area contributed by atoms with Crippen LogP contribution >= 0.6 is 0 Å². The summed E-state index contributed by atoms with van der Waals surface area (Å²) in [5.74, 6) is -0.577. The molecule has 0 aliphatic carbocycles. The molecule has 96 valence electrons. The van der Waals surface area contributed by atoms with Crippen LogP contribution in [0.15, 0.2) is 0 Å². The zero-order valence-electron chi connectivity index (χ0n) is 10.7. The van der Waals surface area contributed by atoms with Crippen molar-refractivity contribution in [2.75, 3.05) is 0 Å². The van der Waals surface area contributed by atoms with Gasteiger partial charge in [-0.1, -0.05) is 13.8 Å². The third kappa shape index (κ3) is 1.99. The zero-order valence-corrected chi connectivity index (χ0v) is 10.7. The summed E-state index contributed by atoms with van der Waals surface area (Å²) in [6.07, 6.45) is 2.75.